The zero-order valence-electron chi connectivity index (χ0n) is 15.0. The highest BCUT2D eigenvalue weighted by Crippen LogP contribution is 2.18. The van der Waals surface area contributed by atoms with Crippen LogP contribution in [0.25, 0.3) is 0 Å². The number of hydrogen-bond acceptors (Lipinski definition) is 5. The Labute approximate surface area is 157 Å². The van der Waals surface area contributed by atoms with Gasteiger partial charge < -0.3 is 19.9 Å². The Morgan fingerprint density at radius 3 is 2.19 bits per heavy atom. The SMILES string of the molecule is COC(=O)c1ccc(N2CCN(C(=O)Nc3ccc(C#N)cc3)CC2)cc1. The molecule has 1 saturated heterocycles. The van der Waals surface area contributed by atoms with Crippen LogP contribution in [0.3, 0.4) is 0 Å². The van der Waals surface area contributed by atoms with Gasteiger partial charge in [0.15, 0.2) is 0 Å². The summed E-state index contributed by atoms with van der Waals surface area (Å²) in [7, 11) is 1.36. The summed E-state index contributed by atoms with van der Waals surface area (Å²) in [6, 6.07) is 15.9. The number of nitrogens with one attached hydrogen (secondary N) is 1. The van der Waals surface area contributed by atoms with Crippen molar-refractivity contribution < 1.29 is 14.3 Å². The molecule has 2 aromatic carbocycles. The molecule has 1 aliphatic rings. The van der Waals surface area contributed by atoms with Crippen molar-refractivity contribution in [2.24, 2.45) is 0 Å². The van der Waals surface area contributed by atoms with Gasteiger partial charge >= 0.3 is 12.0 Å². The maximum Gasteiger partial charge on any atom is 0.337 e. The molecular weight excluding hydrogens is 344 g/mol. The van der Waals surface area contributed by atoms with Crippen molar-refractivity contribution in [3.05, 3.63) is 59.7 Å². The number of anilines is 2. The largest absolute Gasteiger partial charge is 0.465 e. The Balaban J connectivity index is 1.54. The van der Waals surface area contributed by atoms with Crippen LogP contribution < -0.4 is 10.2 Å². The maximum atomic E-state index is 12.4. The van der Waals surface area contributed by atoms with Gasteiger partial charge in [0.05, 0.1) is 24.3 Å². The molecule has 0 aromatic heterocycles. The number of carbonyl (C=O) groups is 2. The van der Waals surface area contributed by atoms with E-state index in [4.69, 9.17) is 10.00 Å². The predicted molar refractivity (Wildman–Crippen MR) is 102 cm³/mol. The molecule has 0 spiro atoms. The highest BCUT2D eigenvalue weighted by molar-refractivity contribution is 5.90. The Morgan fingerprint density at radius 2 is 1.63 bits per heavy atom. The number of urea groups is 1. The van der Waals surface area contributed by atoms with Crippen molar-refractivity contribution in [1.82, 2.24) is 4.90 Å². The number of nitriles is 1. The molecule has 7 heteroatoms. The standard InChI is InChI=1S/C20H20N4O3/c1-27-19(25)16-4-8-18(9-5-16)23-10-12-24(13-11-23)20(26)22-17-6-2-15(14-21)3-7-17/h2-9H,10-13H2,1H3,(H,22,26). The quantitative estimate of drug-likeness (QED) is 0.847. The topological polar surface area (TPSA) is 85.7 Å². The second kappa shape index (κ2) is 8.23. The van der Waals surface area contributed by atoms with Gasteiger partial charge in [0.25, 0.3) is 0 Å². The summed E-state index contributed by atoms with van der Waals surface area (Å²) in [5.74, 6) is -0.356. The number of hydrogen-bond donors (Lipinski definition) is 1. The van der Waals surface area contributed by atoms with Crippen molar-refractivity contribution in [3.63, 3.8) is 0 Å². The molecular formula is C20H20N4O3. The summed E-state index contributed by atoms with van der Waals surface area (Å²) in [6.07, 6.45) is 0. The molecule has 27 heavy (non-hydrogen) atoms. The van der Waals surface area contributed by atoms with Crippen LogP contribution in [0.5, 0.6) is 0 Å². The summed E-state index contributed by atoms with van der Waals surface area (Å²) in [4.78, 5) is 27.8. The smallest absolute Gasteiger partial charge is 0.337 e. The van der Waals surface area contributed by atoms with Gasteiger partial charge in [-0.25, -0.2) is 9.59 Å². The molecule has 1 heterocycles. The third-order valence-corrected chi connectivity index (χ3v) is 4.49. The lowest BCUT2D eigenvalue weighted by Crippen LogP contribution is -2.50. The van der Waals surface area contributed by atoms with Crippen LogP contribution in [-0.2, 0) is 4.74 Å². The molecule has 138 valence electrons. The number of benzene rings is 2. The average Bonchev–Trinajstić information content (AvgIpc) is 2.74. The average molecular weight is 364 g/mol. The van der Waals surface area contributed by atoms with Gasteiger partial charge in [-0.3, -0.25) is 0 Å². The first-order valence-electron chi connectivity index (χ1n) is 8.60. The van der Waals surface area contributed by atoms with Gasteiger partial charge in [0.2, 0.25) is 0 Å². The van der Waals surface area contributed by atoms with Gasteiger partial charge in [-0.1, -0.05) is 0 Å². The first kappa shape index (κ1) is 18.3. The van der Waals surface area contributed by atoms with Gasteiger partial charge in [0.1, 0.15) is 0 Å². The molecule has 3 rings (SSSR count). The van der Waals surface area contributed by atoms with Crippen molar-refractivity contribution in [2.45, 2.75) is 0 Å². The number of rotatable bonds is 3. The Morgan fingerprint density at radius 1 is 1.00 bits per heavy atom. The highest BCUT2D eigenvalue weighted by Gasteiger charge is 2.21. The molecule has 0 radical (unpaired) electrons. The predicted octanol–water partition coefficient (Wildman–Crippen LogP) is 2.70. The number of amides is 2. The van der Waals surface area contributed by atoms with Crippen molar-refractivity contribution in [1.29, 1.82) is 5.26 Å². The summed E-state index contributed by atoms with van der Waals surface area (Å²) in [6.45, 7) is 2.61. The maximum absolute atomic E-state index is 12.4. The zero-order chi connectivity index (χ0) is 19.2. The van der Waals surface area contributed by atoms with Crippen LogP contribution in [0.1, 0.15) is 15.9 Å². The number of esters is 1. The lowest BCUT2D eigenvalue weighted by atomic mass is 10.2. The molecule has 0 aliphatic carbocycles. The van der Waals surface area contributed by atoms with E-state index in [2.05, 4.69) is 10.2 Å². The fourth-order valence-corrected chi connectivity index (χ4v) is 2.92. The number of nitrogens with zero attached hydrogens (tertiary/aromatic N) is 3. The minimum atomic E-state index is -0.356. The van der Waals surface area contributed by atoms with E-state index >= 15 is 0 Å². The van der Waals surface area contributed by atoms with Gasteiger partial charge in [-0.15, -0.1) is 0 Å². The third-order valence-electron chi connectivity index (χ3n) is 4.49. The second-order valence-electron chi connectivity index (χ2n) is 6.13. The van der Waals surface area contributed by atoms with E-state index in [1.807, 2.05) is 18.2 Å². The number of methoxy groups -OCH3 is 1. The van der Waals surface area contributed by atoms with E-state index in [1.54, 1.807) is 41.3 Å². The lowest BCUT2D eigenvalue weighted by Gasteiger charge is -2.36. The number of piperazine rings is 1. The van der Waals surface area contributed by atoms with E-state index in [0.717, 1.165) is 5.69 Å². The minimum absolute atomic E-state index is 0.152. The first-order chi connectivity index (χ1) is 13.1. The Kier molecular flexibility index (Phi) is 5.57. The molecule has 2 amide bonds. The molecule has 0 bridgehead atoms. The van der Waals surface area contributed by atoms with Gasteiger partial charge in [-0.2, -0.15) is 5.26 Å². The van der Waals surface area contributed by atoms with Crippen molar-refractivity contribution >= 4 is 23.4 Å². The van der Waals surface area contributed by atoms with Gasteiger partial charge in [-0.05, 0) is 48.5 Å². The molecule has 0 unspecified atom stereocenters. The van der Waals surface area contributed by atoms with Gasteiger partial charge in [0, 0.05) is 37.6 Å². The van der Waals surface area contributed by atoms with Crippen LogP contribution in [0.15, 0.2) is 48.5 Å². The van der Waals surface area contributed by atoms with Crippen LogP contribution in [-0.4, -0.2) is 50.2 Å². The Bertz CT molecular complexity index is 848. The first-order valence-corrected chi connectivity index (χ1v) is 8.60. The van der Waals surface area contributed by atoms with Crippen LogP contribution in [0.2, 0.25) is 0 Å². The normalized spacial score (nSPS) is 13.6. The fraction of sp³-hybridized carbons (Fsp3) is 0.250. The summed E-state index contributed by atoms with van der Waals surface area (Å²) >= 11 is 0. The monoisotopic (exact) mass is 364 g/mol. The van der Waals surface area contributed by atoms with E-state index in [-0.39, 0.29) is 12.0 Å². The molecule has 0 atom stereocenters. The second-order valence-corrected chi connectivity index (χ2v) is 6.13. The molecule has 2 aromatic rings. The third kappa shape index (κ3) is 4.36. The number of ether oxygens (including phenoxy) is 1. The molecule has 7 nitrogen and oxygen atoms in total. The van der Waals surface area contributed by atoms with E-state index in [0.29, 0.717) is 43.0 Å². The lowest BCUT2D eigenvalue weighted by molar-refractivity contribution is 0.0600. The van der Waals surface area contributed by atoms with Crippen LogP contribution in [0, 0.1) is 11.3 Å². The zero-order valence-corrected chi connectivity index (χ0v) is 15.0. The summed E-state index contributed by atoms with van der Waals surface area (Å²) < 4.78 is 4.70. The Hall–Kier alpha value is -3.53. The van der Waals surface area contributed by atoms with E-state index < -0.39 is 0 Å². The van der Waals surface area contributed by atoms with Crippen LogP contribution >= 0.6 is 0 Å². The van der Waals surface area contributed by atoms with E-state index in [9.17, 15) is 9.59 Å². The van der Waals surface area contributed by atoms with Crippen molar-refractivity contribution in [3.8, 4) is 6.07 Å². The summed E-state index contributed by atoms with van der Waals surface area (Å²) in [5, 5.41) is 11.7. The molecule has 1 fully saturated rings. The van der Waals surface area contributed by atoms with E-state index in [1.165, 1.54) is 7.11 Å². The number of carbonyl (C=O) groups excluding carboxylic acids is 2. The molecule has 1 N–H and O–H groups in total. The molecule has 0 saturated carbocycles. The fourth-order valence-electron chi connectivity index (χ4n) is 2.92. The van der Waals surface area contributed by atoms with Crippen LogP contribution in [0.4, 0.5) is 16.2 Å². The summed E-state index contributed by atoms with van der Waals surface area (Å²) in [5.41, 5.74) is 2.75. The molecule has 1 aliphatic heterocycles. The minimum Gasteiger partial charge on any atom is -0.465 e. The highest BCUT2D eigenvalue weighted by atomic mass is 16.5. The van der Waals surface area contributed by atoms with Crippen molar-refractivity contribution in [2.75, 3.05) is 43.5 Å².